The molecule has 0 fully saturated rings. The lowest BCUT2D eigenvalue weighted by atomic mass is 10.5. The first-order chi connectivity index (χ1) is 4.79. The predicted molar refractivity (Wildman–Crippen MR) is 39.7 cm³/mol. The number of aliphatic hydroxyl groups excluding tert-OH is 1. The van der Waals surface area contributed by atoms with E-state index in [0.29, 0.717) is 0 Å². The number of likely N-dealkylation sites (N-methyl/N-ethyl adjacent to an activating group) is 1. The van der Waals surface area contributed by atoms with Crippen LogP contribution in [0, 0.1) is 0 Å². The Morgan fingerprint density at radius 2 is 1.64 bits per heavy atom. The molecule has 0 spiro atoms. The molecule has 6 heteroatoms. The molecule has 0 aliphatic rings. The van der Waals surface area contributed by atoms with Crippen LogP contribution >= 0.6 is 0 Å². The fourth-order valence-electron chi connectivity index (χ4n) is 0.300. The van der Waals surface area contributed by atoms with Crippen LogP contribution in [-0.4, -0.2) is 57.2 Å². The molecule has 0 atom stereocenters. The molecule has 0 unspecified atom stereocenters. The molecule has 0 aromatic rings. The summed E-state index contributed by atoms with van der Waals surface area (Å²) in [4.78, 5) is 0. The van der Waals surface area contributed by atoms with Crippen molar-refractivity contribution < 1.29 is 22.9 Å². The molecule has 0 heterocycles. The van der Waals surface area contributed by atoms with Crippen LogP contribution in [-0.2, 0) is 11.4 Å². The van der Waals surface area contributed by atoms with Crippen LogP contribution in [0.2, 0.25) is 0 Å². The Hall–Kier alpha value is -0.0100. The Balaban J connectivity index is 0. The van der Waals surface area contributed by atoms with Crippen molar-refractivity contribution in [2.45, 2.75) is 0 Å². The average molecular weight is 184 g/mol. The van der Waals surface area contributed by atoms with Crippen LogP contribution in [0.15, 0.2) is 0 Å². The first kappa shape index (κ1) is 13.6. The molecule has 0 bridgehead atoms. The second kappa shape index (κ2) is 6.68. The van der Waals surface area contributed by atoms with Gasteiger partial charge < -0.3 is 18.7 Å². The van der Waals surface area contributed by atoms with Crippen LogP contribution < -0.4 is 0 Å². The van der Waals surface area contributed by atoms with Crippen molar-refractivity contribution in [3.8, 4) is 0 Å². The topological polar surface area (TPSA) is 83.4 Å². The highest BCUT2D eigenvalue weighted by molar-refractivity contribution is 7.72. The second-order valence-electron chi connectivity index (χ2n) is 2.94. The van der Waals surface area contributed by atoms with Crippen molar-refractivity contribution in [2.75, 3.05) is 34.3 Å². The van der Waals surface area contributed by atoms with E-state index in [1.165, 1.54) is 0 Å². The minimum Gasteiger partial charge on any atom is -0.784 e. The number of rotatable bonds is 2. The minimum atomic E-state index is -3.11. The number of quaternary nitrogens is 1. The van der Waals surface area contributed by atoms with E-state index in [0.717, 1.165) is 11.0 Å². The maximum atomic E-state index is 8.44. The molecule has 0 aliphatic heterocycles. The Bertz CT molecular complexity index is 108. The molecule has 0 rings (SSSR count). The van der Waals surface area contributed by atoms with Crippen LogP contribution in [0.1, 0.15) is 0 Å². The van der Waals surface area contributed by atoms with E-state index >= 15 is 0 Å². The van der Waals surface area contributed by atoms with Crippen molar-refractivity contribution in [3.63, 3.8) is 0 Å². The van der Waals surface area contributed by atoms with Crippen molar-refractivity contribution in [3.05, 3.63) is 0 Å². The fourth-order valence-corrected chi connectivity index (χ4v) is 0.300. The minimum absolute atomic E-state index is 0.281. The van der Waals surface area contributed by atoms with Gasteiger partial charge in [-0.05, 0) is 0 Å². The molecular formula is C5H14NO4S-. The lowest BCUT2D eigenvalue weighted by Crippen LogP contribution is -2.36. The summed E-state index contributed by atoms with van der Waals surface area (Å²) in [5.41, 5.74) is 0. The lowest BCUT2D eigenvalue weighted by Gasteiger charge is -2.21. The van der Waals surface area contributed by atoms with E-state index in [4.69, 9.17) is 18.4 Å². The third-order valence-corrected chi connectivity index (χ3v) is 0.771. The van der Waals surface area contributed by atoms with E-state index in [2.05, 4.69) is 21.1 Å². The molecule has 0 aromatic heterocycles. The molecule has 0 aromatic carbocycles. The SMILES string of the molecule is C[N+](C)(C)CCO.O=S([O-])[O-]. The van der Waals surface area contributed by atoms with Crippen molar-refractivity contribution in [1.29, 1.82) is 0 Å². The van der Waals surface area contributed by atoms with Gasteiger partial charge in [0.2, 0.25) is 0 Å². The molecule has 1 N–H and O–H groups in total. The van der Waals surface area contributed by atoms with Crippen molar-refractivity contribution in [1.82, 2.24) is 0 Å². The van der Waals surface area contributed by atoms with Gasteiger partial charge in [-0.3, -0.25) is 4.21 Å². The Morgan fingerprint density at radius 3 is 1.64 bits per heavy atom. The summed E-state index contributed by atoms with van der Waals surface area (Å²) in [6.45, 7) is 1.11. The van der Waals surface area contributed by atoms with Gasteiger partial charge >= 0.3 is 0 Å². The molecule has 70 valence electrons. The van der Waals surface area contributed by atoms with Crippen molar-refractivity contribution in [2.24, 2.45) is 0 Å². The summed E-state index contributed by atoms with van der Waals surface area (Å²) >= 11 is -3.11. The zero-order valence-electron chi connectivity index (χ0n) is 6.94. The first-order valence-electron chi connectivity index (χ1n) is 2.97. The molecule has 0 saturated heterocycles. The van der Waals surface area contributed by atoms with Crippen molar-refractivity contribution >= 4 is 11.4 Å². The molecule has 0 radical (unpaired) electrons. The Kier molecular flexibility index (Phi) is 8.25. The number of hydrogen-bond acceptors (Lipinski definition) is 4. The fraction of sp³-hybridized carbons (Fsp3) is 1.00. The summed E-state index contributed by atoms with van der Waals surface area (Å²) in [5, 5.41) is 8.39. The Labute approximate surface area is 69.3 Å². The largest absolute Gasteiger partial charge is 0.784 e. The van der Waals surface area contributed by atoms with Crippen LogP contribution in [0.3, 0.4) is 0 Å². The summed E-state index contributed by atoms with van der Waals surface area (Å²) in [7, 11) is 6.16. The van der Waals surface area contributed by atoms with Crippen LogP contribution in [0.4, 0.5) is 0 Å². The smallest absolute Gasteiger partial charge is 0.101 e. The normalized spacial score (nSPS) is 10.8. The summed E-state index contributed by atoms with van der Waals surface area (Å²) in [5.74, 6) is 0. The second-order valence-corrected chi connectivity index (χ2v) is 3.35. The summed E-state index contributed by atoms with van der Waals surface area (Å²) < 4.78 is 26.2. The maximum Gasteiger partial charge on any atom is 0.101 e. The van der Waals surface area contributed by atoms with E-state index in [1.54, 1.807) is 0 Å². The molecule has 0 saturated carbocycles. The summed E-state index contributed by atoms with van der Waals surface area (Å²) in [6, 6.07) is 0. The number of nitrogens with zero attached hydrogens (tertiary/aromatic N) is 1. The third kappa shape index (κ3) is 40.1. The summed E-state index contributed by atoms with van der Waals surface area (Å²) in [6.07, 6.45) is 0. The zero-order chi connectivity index (χ0) is 9.49. The maximum absolute atomic E-state index is 8.44. The lowest BCUT2D eigenvalue weighted by molar-refractivity contribution is -0.870. The van der Waals surface area contributed by atoms with E-state index in [1.807, 2.05) is 0 Å². The van der Waals surface area contributed by atoms with Crippen LogP contribution in [0.25, 0.3) is 0 Å². The average Bonchev–Trinajstić information content (AvgIpc) is 1.58. The number of aliphatic hydroxyl groups is 1. The highest BCUT2D eigenvalue weighted by Gasteiger charge is 2.02. The van der Waals surface area contributed by atoms with E-state index in [9.17, 15) is 0 Å². The first-order valence-corrected chi connectivity index (χ1v) is 3.97. The predicted octanol–water partition coefficient (Wildman–Crippen LogP) is -1.32. The van der Waals surface area contributed by atoms with Gasteiger partial charge in [-0.25, -0.2) is 0 Å². The molecule has 11 heavy (non-hydrogen) atoms. The number of hydrogen-bond donors (Lipinski definition) is 1. The zero-order valence-corrected chi connectivity index (χ0v) is 7.76. The quantitative estimate of drug-likeness (QED) is 0.426. The molecule has 5 nitrogen and oxygen atoms in total. The van der Waals surface area contributed by atoms with E-state index < -0.39 is 11.4 Å². The van der Waals surface area contributed by atoms with Gasteiger partial charge in [-0.2, -0.15) is 0 Å². The van der Waals surface area contributed by atoms with Gasteiger partial charge in [0.25, 0.3) is 0 Å². The van der Waals surface area contributed by atoms with Gasteiger partial charge in [0.05, 0.1) is 27.7 Å². The highest BCUT2D eigenvalue weighted by Crippen LogP contribution is 1.84. The van der Waals surface area contributed by atoms with Gasteiger partial charge in [0, 0.05) is 0 Å². The standard InChI is InChI=1S/C5H14NO.H2O3S/c1-6(2,3)4-5-7;1-4(2)3/h7H,4-5H2,1-3H3;(H2,1,2,3)/q+1;/p-2. The van der Waals surface area contributed by atoms with Gasteiger partial charge in [-0.1, -0.05) is 0 Å². The molecule has 0 aliphatic carbocycles. The molecule has 0 amide bonds. The highest BCUT2D eigenvalue weighted by atomic mass is 32.2. The van der Waals surface area contributed by atoms with Gasteiger partial charge in [-0.15, -0.1) is 11.4 Å². The van der Waals surface area contributed by atoms with Gasteiger partial charge in [0.15, 0.2) is 0 Å². The third-order valence-electron chi connectivity index (χ3n) is 0.771. The molecular weight excluding hydrogens is 170 g/mol. The van der Waals surface area contributed by atoms with Crippen LogP contribution in [0.5, 0.6) is 0 Å². The Morgan fingerprint density at radius 1 is 1.36 bits per heavy atom. The van der Waals surface area contributed by atoms with E-state index in [-0.39, 0.29) is 6.61 Å². The van der Waals surface area contributed by atoms with Gasteiger partial charge in [0.1, 0.15) is 6.54 Å². The monoisotopic (exact) mass is 184 g/mol.